The SMILES string of the molecule is Cc1nc2ccc(-c3n[nH]c(CN)c3Br)cc2[nH]1. The molecule has 3 rings (SSSR count). The van der Waals surface area contributed by atoms with E-state index in [0.717, 1.165) is 38.3 Å². The molecule has 0 bridgehead atoms. The topological polar surface area (TPSA) is 83.4 Å². The maximum Gasteiger partial charge on any atom is 0.107 e. The van der Waals surface area contributed by atoms with Crippen LogP contribution in [0.4, 0.5) is 0 Å². The third kappa shape index (κ3) is 1.74. The number of rotatable bonds is 2. The molecule has 0 saturated carbocycles. The van der Waals surface area contributed by atoms with Gasteiger partial charge in [0.05, 0.1) is 21.2 Å². The Kier molecular flexibility index (Phi) is 2.68. The van der Waals surface area contributed by atoms with Crippen molar-refractivity contribution in [1.29, 1.82) is 0 Å². The number of nitrogens with one attached hydrogen (secondary N) is 2. The van der Waals surface area contributed by atoms with E-state index in [0.29, 0.717) is 6.54 Å². The second-order valence-corrected chi connectivity index (χ2v) is 4.92. The molecular formula is C12H12BrN5. The summed E-state index contributed by atoms with van der Waals surface area (Å²) in [7, 11) is 0. The van der Waals surface area contributed by atoms with Gasteiger partial charge in [-0.15, -0.1) is 0 Å². The van der Waals surface area contributed by atoms with Crippen LogP contribution >= 0.6 is 15.9 Å². The number of imidazole rings is 1. The lowest BCUT2D eigenvalue weighted by Gasteiger charge is -1.98. The average molecular weight is 306 g/mol. The van der Waals surface area contributed by atoms with E-state index in [1.807, 2.05) is 25.1 Å². The van der Waals surface area contributed by atoms with Crippen LogP contribution in [0.25, 0.3) is 22.3 Å². The van der Waals surface area contributed by atoms with Crippen LogP contribution in [0.2, 0.25) is 0 Å². The van der Waals surface area contributed by atoms with E-state index in [4.69, 9.17) is 5.73 Å². The number of aromatic amines is 2. The normalized spacial score (nSPS) is 11.3. The summed E-state index contributed by atoms with van der Waals surface area (Å²) in [6, 6.07) is 6.03. The Balaban J connectivity index is 2.15. The molecular weight excluding hydrogens is 294 g/mol. The molecule has 0 aliphatic rings. The quantitative estimate of drug-likeness (QED) is 0.680. The molecule has 2 aromatic heterocycles. The maximum absolute atomic E-state index is 5.62. The summed E-state index contributed by atoms with van der Waals surface area (Å²) >= 11 is 3.52. The minimum atomic E-state index is 0.430. The Bertz CT molecular complexity index is 712. The molecule has 5 nitrogen and oxygen atoms in total. The number of halogens is 1. The molecule has 0 saturated heterocycles. The van der Waals surface area contributed by atoms with Gasteiger partial charge in [-0.05, 0) is 35.0 Å². The molecule has 2 heterocycles. The van der Waals surface area contributed by atoms with Crippen LogP contribution in [0.3, 0.4) is 0 Å². The van der Waals surface area contributed by atoms with Gasteiger partial charge in [0.2, 0.25) is 0 Å². The minimum absolute atomic E-state index is 0.430. The number of hydrogen-bond donors (Lipinski definition) is 3. The van der Waals surface area contributed by atoms with E-state index >= 15 is 0 Å². The number of nitrogens with two attached hydrogens (primary N) is 1. The van der Waals surface area contributed by atoms with Crippen LogP contribution < -0.4 is 5.73 Å². The van der Waals surface area contributed by atoms with Crippen molar-refractivity contribution in [2.24, 2.45) is 5.73 Å². The Morgan fingerprint density at radius 2 is 2.22 bits per heavy atom. The second kappa shape index (κ2) is 4.22. The molecule has 0 spiro atoms. The van der Waals surface area contributed by atoms with Crippen molar-refractivity contribution in [2.45, 2.75) is 13.5 Å². The molecule has 6 heteroatoms. The Morgan fingerprint density at radius 1 is 1.39 bits per heavy atom. The van der Waals surface area contributed by atoms with Crippen molar-refractivity contribution >= 4 is 27.0 Å². The number of hydrogen-bond acceptors (Lipinski definition) is 3. The van der Waals surface area contributed by atoms with E-state index in [1.165, 1.54) is 0 Å². The Hall–Kier alpha value is -1.66. The van der Waals surface area contributed by atoms with E-state index in [-0.39, 0.29) is 0 Å². The zero-order valence-electron chi connectivity index (χ0n) is 9.79. The molecule has 0 aliphatic carbocycles. The lowest BCUT2D eigenvalue weighted by molar-refractivity contribution is 0.945. The third-order valence-corrected chi connectivity index (χ3v) is 3.71. The van der Waals surface area contributed by atoms with Gasteiger partial charge in [0, 0.05) is 12.1 Å². The number of H-pyrrole nitrogens is 2. The van der Waals surface area contributed by atoms with E-state index in [2.05, 4.69) is 36.1 Å². The van der Waals surface area contributed by atoms with Crippen molar-refractivity contribution < 1.29 is 0 Å². The molecule has 18 heavy (non-hydrogen) atoms. The van der Waals surface area contributed by atoms with Gasteiger partial charge in [-0.25, -0.2) is 4.98 Å². The highest BCUT2D eigenvalue weighted by molar-refractivity contribution is 9.10. The predicted molar refractivity (Wildman–Crippen MR) is 74.0 cm³/mol. The molecule has 0 amide bonds. The monoisotopic (exact) mass is 305 g/mol. The first-order chi connectivity index (χ1) is 8.69. The summed E-state index contributed by atoms with van der Waals surface area (Å²) in [4.78, 5) is 7.60. The van der Waals surface area contributed by atoms with Crippen molar-refractivity contribution in [1.82, 2.24) is 20.2 Å². The smallest absolute Gasteiger partial charge is 0.107 e. The summed E-state index contributed by atoms with van der Waals surface area (Å²) < 4.78 is 0.917. The van der Waals surface area contributed by atoms with Crippen LogP contribution in [0.5, 0.6) is 0 Å². The molecule has 0 radical (unpaired) electrons. The van der Waals surface area contributed by atoms with E-state index in [1.54, 1.807) is 0 Å². The van der Waals surface area contributed by atoms with Gasteiger partial charge >= 0.3 is 0 Å². The summed E-state index contributed by atoms with van der Waals surface area (Å²) in [6.07, 6.45) is 0. The minimum Gasteiger partial charge on any atom is -0.342 e. The molecule has 4 N–H and O–H groups in total. The third-order valence-electron chi connectivity index (χ3n) is 2.85. The van der Waals surface area contributed by atoms with Gasteiger partial charge in [-0.3, -0.25) is 5.10 Å². The number of aryl methyl sites for hydroxylation is 1. The highest BCUT2D eigenvalue weighted by atomic mass is 79.9. The van der Waals surface area contributed by atoms with Crippen LogP contribution in [0.15, 0.2) is 22.7 Å². The standard InChI is InChI=1S/C12H12BrN5/c1-6-15-8-3-2-7(4-9(8)16-6)12-11(13)10(5-14)17-18-12/h2-4H,5,14H2,1H3,(H,15,16)(H,17,18). The molecule has 0 atom stereocenters. The van der Waals surface area contributed by atoms with Gasteiger partial charge in [-0.2, -0.15) is 5.10 Å². The highest BCUT2D eigenvalue weighted by Crippen LogP contribution is 2.30. The summed E-state index contributed by atoms with van der Waals surface area (Å²) in [5, 5.41) is 7.21. The van der Waals surface area contributed by atoms with Gasteiger partial charge in [0.25, 0.3) is 0 Å². The van der Waals surface area contributed by atoms with Gasteiger partial charge in [-0.1, -0.05) is 6.07 Å². The Labute approximate surface area is 112 Å². The molecule has 92 valence electrons. The van der Waals surface area contributed by atoms with Gasteiger partial charge < -0.3 is 10.7 Å². The molecule has 1 aromatic carbocycles. The summed E-state index contributed by atoms with van der Waals surface area (Å²) in [6.45, 7) is 2.37. The first kappa shape index (κ1) is 11.4. The van der Waals surface area contributed by atoms with Crippen LogP contribution in [0, 0.1) is 6.92 Å². The van der Waals surface area contributed by atoms with Gasteiger partial charge in [0.1, 0.15) is 11.5 Å². The second-order valence-electron chi connectivity index (χ2n) is 4.12. The van der Waals surface area contributed by atoms with Crippen molar-refractivity contribution in [2.75, 3.05) is 0 Å². The van der Waals surface area contributed by atoms with Crippen LogP contribution in [0.1, 0.15) is 11.5 Å². The van der Waals surface area contributed by atoms with Crippen molar-refractivity contribution in [3.63, 3.8) is 0 Å². The molecule has 0 fully saturated rings. The summed E-state index contributed by atoms with van der Waals surface area (Å²) in [5.41, 5.74) is 10.4. The lowest BCUT2D eigenvalue weighted by atomic mass is 10.1. The largest absolute Gasteiger partial charge is 0.342 e. The maximum atomic E-state index is 5.62. The fourth-order valence-electron chi connectivity index (χ4n) is 1.98. The van der Waals surface area contributed by atoms with Crippen LogP contribution in [-0.2, 0) is 6.54 Å². The molecule has 0 unspecified atom stereocenters. The fraction of sp³-hybridized carbons (Fsp3) is 0.167. The number of fused-ring (bicyclic) bond motifs is 1. The predicted octanol–water partition coefficient (Wildman–Crippen LogP) is 2.48. The Morgan fingerprint density at radius 3 is 2.94 bits per heavy atom. The molecule has 3 aromatic rings. The average Bonchev–Trinajstić information content (AvgIpc) is 2.89. The van der Waals surface area contributed by atoms with E-state index < -0.39 is 0 Å². The first-order valence-electron chi connectivity index (χ1n) is 5.58. The highest BCUT2D eigenvalue weighted by Gasteiger charge is 2.12. The fourth-order valence-corrected chi connectivity index (χ4v) is 2.54. The summed E-state index contributed by atoms with van der Waals surface area (Å²) in [5.74, 6) is 0.908. The molecule has 0 aliphatic heterocycles. The number of benzene rings is 1. The zero-order chi connectivity index (χ0) is 12.7. The van der Waals surface area contributed by atoms with Crippen molar-refractivity contribution in [3.8, 4) is 11.3 Å². The lowest BCUT2D eigenvalue weighted by Crippen LogP contribution is -1.96. The van der Waals surface area contributed by atoms with Crippen molar-refractivity contribution in [3.05, 3.63) is 34.2 Å². The zero-order valence-corrected chi connectivity index (χ0v) is 11.4. The first-order valence-corrected chi connectivity index (χ1v) is 6.38. The van der Waals surface area contributed by atoms with Gasteiger partial charge in [0.15, 0.2) is 0 Å². The number of aromatic nitrogens is 4. The number of nitrogens with zero attached hydrogens (tertiary/aromatic N) is 2. The van der Waals surface area contributed by atoms with E-state index in [9.17, 15) is 0 Å². The van der Waals surface area contributed by atoms with Crippen LogP contribution in [-0.4, -0.2) is 20.2 Å².